The molecule has 1 saturated heterocycles. The van der Waals surface area contributed by atoms with Gasteiger partial charge in [-0.1, -0.05) is 0 Å². The van der Waals surface area contributed by atoms with E-state index in [0.717, 1.165) is 6.42 Å². The Hall–Kier alpha value is -2.81. The summed E-state index contributed by atoms with van der Waals surface area (Å²) in [4.78, 5) is 23.7. The lowest BCUT2D eigenvalue weighted by Gasteiger charge is -2.28. The highest BCUT2D eigenvalue weighted by Gasteiger charge is 2.25. The van der Waals surface area contributed by atoms with Gasteiger partial charge in [-0.05, 0) is 49.2 Å². The highest BCUT2D eigenvalue weighted by Crippen LogP contribution is 2.24. The lowest BCUT2D eigenvalue weighted by Crippen LogP contribution is -2.37. The first-order valence-electron chi connectivity index (χ1n) is 8.18. The summed E-state index contributed by atoms with van der Waals surface area (Å²) < 4.78 is 30.6. The molecule has 138 valence electrons. The third-order valence-electron chi connectivity index (χ3n) is 3.97. The predicted octanol–water partition coefficient (Wildman–Crippen LogP) is 1.46. The number of carbonyl (C=O) groups is 2. The molecular weight excluding hydrogens is 358 g/mol. The number of hydrogen-bond acceptors (Lipinski definition) is 5. The lowest BCUT2D eigenvalue weighted by molar-refractivity contribution is -0.136. The molecule has 0 spiro atoms. The summed E-state index contributed by atoms with van der Waals surface area (Å²) in [7, 11) is -3.28. The summed E-state index contributed by atoms with van der Waals surface area (Å²) in [6, 6.07) is 9.73. The maximum Gasteiger partial charge on any atom is 0.313 e. The SMILES string of the molecule is O=C(NCc1ccco1)C(=O)Nc1ccc(N2CCCCS2(=O)=O)cc1. The highest BCUT2D eigenvalue weighted by molar-refractivity contribution is 7.92. The minimum absolute atomic E-state index is 0.116. The summed E-state index contributed by atoms with van der Waals surface area (Å²) in [5, 5.41) is 4.92. The van der Waals surface area contributed by atoms with Gasteiger partial charge in [-0.15, -0.1) is 0 Å². The third kappa shape index (κ3) is 4.23. The van der Waals surface area contributed by atoms with Crippen LogP contribution in [0.2, 0.25) is 0 Å². The van der Waals surface area contributed by atoms with Crippen LogP contribution in [0, 0.1) is 0 Å². The third-order valence-corrected chi connectivity index (χ3v) is 5.84. The van der Waals surface area contributed by atoms with Crippen molar-refractivity contribution in [3.63, 3.8) is 0 Å². The number of hydrogen-bond donors (Lipinski definition) is 2. The van der Waals surface area contributed by atoms with Crippen LogP contribution in [0.3, 0.4) is 0 Å². The number of amides is 2. The largest absolute Gasteiger partial charge is 0.467 e. The van der Waals surface area contributed by atoms with Gasteiger partial charge in [-0.3, -0.25) is 13.9 Å². The number of furan rings is 1. The van der Waals surface area contributed by atoms with Crippen LogP contribution >= 0.6 is 0 Å². The number of benzene rings is 1. The Bertz CT molecular complexity index is 876. The molecule has 0 radical (unpaired) electrons. The van der Waals surface area contributed by atoms with E-state index in [2.05, 4.69) is 10.6 Å². The number of rotatable bonds is 4. The summed E-state index contributed by atoms with van der Waals surface area (Å²) in [5.41, 5.74) is 0.950. The van der Waals surface area contributed by atoms with Gasteiger partial charge in [0.15, 0.2) is 0 Å². The molecule has 0 atom stereocenters. The Morgan fingerprint density at radius 3 is 2.50 bits per heavy atom. The highest BCUT2D eigenvalue weighted by atomic mass is 32.2. The van der Waals surface area contributed by atoms with E-state index in [1.165, 1.54) is 10.6 Å². The molecule has 1 aromatic carbocycles. The molecule has 26 heavy (non-hydrogen) atoms. The maximum absolute atomic E-state index is 12.1. The van der Waals surface area contributed by atoms with E-state index in [4.69, 9.17) is 4.42 Å². The van der Waals surface area contributed by atoms with E-state index >= 15 is 0 Å². The van der Waals surface area contributed by atoms with E-state index < -0.39 is 21.8 Å². The molecule has 0 bridgehead atoms. The lowest BCUT2D eigenvalue weighted by atomic mass is 10.2. The van der Waals surface area contributed by atoms with Crippen molar-refractivity contribution in [2.24, 2.45) is 0 Å². The van der Waals surface area contributed by atoms with Gasteiger partial charge in [0.2, 0.25) is 10.0 Å². The predicted molar refractivity (Wildman–Crippen MR) is 96.0 cm³/mol. The van der Waals surface area contributed by atoms with E-state index in [1.54, 1.807) is 36.4 Å². The van der Waals surface area contributed by atoms with Gasteiger partial charge in [0, 0.05) is 12.2 Å². The molecule has 1 aliphatic heterocycles. The number of anilines is 2. The maximum atomic E-state index is 12.1. The van der Waals surface area contributed by atoms with Gasteiger partial charge in [0.05, 0.1) is 24.2 Å². The number of nitrogens with one attached hydrogen (secondary N) is 2. The minimum Gasteiger partial charge on any atom is -0.467 e. The number of sulfonamides is 1. The molecular formula is C17H19N3O5S. The Balaban J connectivity index is 1.58. The van der Waals surface area contributed by atoms with Crippen molar-refractivity contribution in [3.8, 4) is 0 Å². The van der Waals surface area contributed by atoms with Crippen LogP contribution in [0.5, 0.6) is 0 Å². The summed E-state index contributed by atoms with van der Waals surface area (Å²) >= 11 is 0. The Morgan fingerprint density at radius 1 is 1.08 bits per heavy atom. The molecule has 2 amide bonds. The molecule has 2 aromatic rings. The fourth-order valence-electron chi connectivity index (χ4n) is 2.64. The molecule has 8 nitrogen and oxygen atoms in total. The van der Waals surface area contributed by atoms with Crippen LogP contribution in [-0.4, -0.2) is 32.5 Å². The second-order valence-corrected chi connectivity index (χ2v) is 7.87. The standard InChI is InChI=1S/C17H19N3O5S/c21-16(18-12-15-4-3-10-25-15)17(22)19-13-5-7-14(8-6-13)20-9-1-2-11-26(20,23)24/h3-8,10H,1-2,9,11-12H2,(H,18,21)(H,19,22). The van der Waals surface area contributed by atoms with Gasteiger partial charge in [-0.25, -0.2) is 8.42 Å². The molecule has 1 aromatic heterocycles. The van der Waals surface area contributed by atoms with Crippen LogP contribution < -0.4 is 14.9 Å². The van der Waals surface area contributed by atoms with Crippen molar-refractivity contribution in [3.05, 3.63) is 48.4 Å². The van der Waals surface area contributed by atoms with Crippen LogP contribution in [0.15, 0.2) is 47.1 Å². The second-order valence-electron chi connectivity index (χ2n) is 5.86. The van der Waals surface area contributed by atoms with Crippen molar-refractivity contribution >= 4 is 33.2 Å². The first-order valence-corrected chi connectivity index (χ1v) is 9.79. The molecule has 3 rings (SSSR count). The van der Waals surface area contributed by atoms with Gasteiger partial charge in [0.1, 0.15) is 5.76 Å². The van der Waals surface area contributed by atoms with Crippen molar-refractivity contribution < 1.29 is 22.4 Å². The number of nitrogens with zero attached hydrogens (tertiary/aromatic N) is 1. The van der Waals surface area contributed by atoms with Crippen molar-refractivity contribution in [2.75, 3.05) is 21.9 Å². The van der Waals surface area contributed by atoms with E-state index in [1.807, 2.05) is 0 Å². The summed E-state index contributed by atoms with van der Waals surface area (Å²) in [6.45, 7) is 0.564. The summed E-state index contributed by atoms with van der Waals surface area (Å²) in [5.74, 6) is -0.918. The Labute approximate surface area is 151 Å². The van der Waals surface area contributed by atoms with Crippen molar-refractivity contribution in [1.82, 2.24) is 5.32 Å². The van der Waals surface area contributed by atoms with Gasteiger partial charge < -0.3 is 15.1 Å². The smallest absolute Gasteiger partial charge is 0.313 e. The fourth-order valence-corrected chi connectivity index (χ4v) is 4.28. The normalized spacial score (nSPS) is 16.1. The molecule has 0 unspecified atom stereocenters. The van der Waals surface area contributed by atoms with Crippen LogP contribution in [0.1, 0.15) is 18.6 Å². The Kier molecular flexibility index (Phi) is 5.27. The zero-order chi connectivity index (χ0) is 18.6. The monoisotopic (exact) mass is 377 g/mol. The second kappa shape index (κ2) is 7.61. The minimum atomic E-state index is -3.28. The van der Waals surface area contributed by atoms with Crippen LogP contribution in [0.4, 0.5) is 11.4 Å². The molecule has 9 heteroatoms. The molecule has 0 aliphatic carbocycles. The molecule has 2 N–H and O–H groups in total. The van der Waals surface area contributed by atoms with Crippen molar-refractivity contribution in [2.45, 2.75) is 19.4 Å². The van der Waals surface area contributed by atoms with Crippen molar-refractivity contribution in [1.29, 1.82) is 0 Å². The first-order chi connectivity index (χ1) is 12.5. The quantitative estimate of drug-likeness (QED) is 0.784. The average molecular weight is 377 g/mol. The first kappa shape index (κ1) is 18.0. The zero-order valence-electron chi connectivity index (χ0n) is 14.0. The van der Waals surface area contributed by atoms with Gasteiger partial charge >= 0.3 is 11.8 Å². The van der Waals surface area contributed by atoms with Crippen LogP contribution in [0.25, 0.3) is 0 Å². The molecule has 0 saturated carbocycles. The average Bonchev–Trinajstić information content (AvgIpc) is 3.14. The van der Waals surface area contributed by atoms with Crippen LogP contribution in [-0.2, 0) is 26.2 Å². The molecule has 1 fully saturated rings. The van der Waals surface area contributed by atoms with Gasteiger partial charge in [0.25, 0.3) is 0 Å². The summed E-state index contributed by atoms with van der Waals surface area (Å²) in [6.07, 6.45) is 2.96. The fraction of sp³-hybridized carbons (Fsp3) is 0.294. The van der Waals surface area contributed by atoms with E-state index in [-0.39, 0.29) is 12.3 Å². The molecule has 2 heterocycles. The Morgan fingerprint density at radius 2 is 1.85 bits per heavy atom. The molecule has 1 aliphatic rings. The number of carbonyl (C=O) groups excluding carboxylic acids is 2. The van der Waals surface area contributed by atoms with E-state index in [0.29, 0.717) is 30.1 Å². The van der Waals surface area contributed by atoms with E-state index in [9.17, 15) is 18.0 Å². The zero-order valence-corrected chi connectivity index (χ0v) is 14.8. The topological polar surface area (TPSA) is 109 Å². The van der Waals surface area contributed by atoms with Gasteiger partial charge in [-0.2, -0.15) is 0 Å².